The third-order valence-corrected chi connectivity index (χ3v) is 1.87. The summed E-state index contributed by atoms with van der Waals surface area (Å²) in [4.78, 5) is 5.59. The molecule has 0 unspecified atom stereocenters. The van der Waals surface area contributed by atoms with Gasteiger partial charge in [0.25, 0.3) is 0 Å². The molecular formula is C10H12N2OS. The number of oxime groups is 1. The van der Waals surface area contributed by atoms with Crippen LogP contribution in [0, 0.1) is 0 Å². The van der Waals surface area contributed by atoms with Crippen LogP contribution in [0.15, 0.2) is 35.5 Å². The van der Waals surface area contributed by atoms with Crippen molar-refractivity contribution in [2.45, 2.75) is 6.61 Å². The van der Waals surface area contributed by atoms with Gasteiger partial charge in [-0.25, -0.2) is 0 Å². The molecule has 0 saturated carbocycles. The van der Waals surface area contributed by atoms with Gasteiger partial charge < -0.3 is 10.2 Å². The quantitative estimate of drug-likeness (QED) is 0.465. The Balaban J connectivity index is 2.29. The molecule has 74 valence electrons. The predicted molar refractivity (Wildman–Crippen MR) is 61.4 cm³/mol. The molecule has 0 aliphatic heterocycles. The van der Waals surface area contributed by atoms with Gasteiger partial charge in [0, 0.05) is 7.05 Å². The predicted octanol–water partition coefficient (Wildman–Crippen LogP) is 1.74. The molecule has 0 heterocycles. The van der Waals surface area contributed by atoms with E-state index < -0.39 is 0 Å². The first-order valence-corrected chi connectivity index (χ1v) is 4.64. The molecular weight excluding hydrogens is 196 g/mol. The van der Waals surface area contributed by atoms with Gasteiger partial charge in [0.15, 0.2) is 0 Å². The molecule has 0 aromatic heterocycles. The molecule has 4 heteroatoms. The van der Waals surface area contributed by atoms with Crippen LogP contribution >= 0.6 is 12.2 Å². The molecule has 0 atom stereocenters. The lowest BCUT2D eigenvalue weighted by Crippen LogP contribution is -2.16. The zero-order valence-corrected chi connectivity index (χ0v) is 8.75. The van der Waals surface area contributed by atoms with E-state index in [9.17, 15) is 0 Å². The summed E-state index contributed by atoms with van der Waals surface area (Å²) in [5.74, 6) is 0. The number of thiocarbonyl (C=S) groups is 1. The second-order valence-corrected chi connectivity index (χ2v) is 3.05. The summed E-state index contributed by atoms with van der Waals surface area (Å²) in [6, 6.07) is 9.84. The summed E-state index contributed by atoms with van der Waals surface area (Å²) in [7, 11) is 1.74. The minimum atomic E-state index is 0.462. The number of benzene rings is 1. The molecule has 0 bridgehead atoms. The summed E-state index contributed by atoms with van der Waals surface area (Å²) in [6.07, 6.45) is 1.47. The molecule has 0 aliphatic carbocycles. The monoisotopic (exact) mass is 208 g/mol. The van der Waals surface area contributed by atoms with Crippen molar-refractivity contribution in [3.05, 3.63) is 35.9 Å². The van der Waals surface area contributed by atoms with Crippen LogP contribution in [0.5, 0.6) is 0 Å². The first-order valence-electron chi connectivity index (χ1n) is 4.24. The molecule has 0 spiro atoms. The van der Waals surface area contributed by atoms with Gasteiger partial charge in [0.1, 0.15) is 17.8 Å². The van der Waals surface area contributed by atoms with E-state index in [2.05, 4.69) is 10.5 Å². The average molecular weight is 208 g/mol. The van der Waals surface area contributed by atoms with Crippen molar-refractivity contribution in [3.8, 4) is 0 Å². The Morgan fingerprint density at radius 1 is 1.50 bits per heavy atom. The highest BCUT2D eigenvalue weighted by Gasteiger charge is 1.89. The first-order chi connectivity index (χ1) is 6.83. The van der Waals surface area contributed by atoms with E-state index in [1.54, 1.807) is 7.05 Å². The Morgan fingerprint density at radius 3 is 2.86 bits per heavy atom. The van der Waals surface area contributed by atoms with Crippen molar-refractivity contribution in [1.29, 1.82) is 0 Å². The molecule has 0 fully saturated rings. The minimum Gasteiger partial charge on any atom is -0.391 e. The number of nitrogens with one attached hydrogen (secondary N) is 1. The van der Waals surface area contributed by atoms with Gasteiger partial charge in [0.05, 0.1) is 0 Å². The highest BCUT2D eigenvalue weighted by molar-refractivity contribution is 7.81. The molecule has 1 rings (SSSR count). The SMILES string of the molecule is CNC(=S)/C=N/OCc1ccccc1. The Labute approximate surface area is 88.8 Å². The Hall–Kier alpha value is -1.42. The highest BCUT2D eigenvalue weighted by Crippen LogP contribution is 1.99. The molecule has 1 aromatic rings. The van der Waals surface area contributed by atoms with Crippen molar-refractivity contribution < 1.29 is 4.84 Å². The number of hydrogen-bond donors (Lipinski definition) is 1. The Bertz CT molecular complexity index is 311. The van der Waals surface area contributed by atoms with Crippen LogP contribution in [0.2, 0.25) is 0 Å². The van der Waals surface area contributed by atoms with Crippen LogP contribution in [-0.4, -0.2) is 18.3 Å². The average Bonchev–Trinajstić information content (AvgIpc) is 2.25. The van der Waals surface area contributed by atoms with Crippen LogP contribution in [-0.2, 0) is 11.4 Å². The summed E-state index contributed by atoms with van der Waals surface area (Å²) in [5, 5.41) is 6.47. The highest BCUT2D eigenvalue weighted by atomic mass is 32.1. The van der Waals surface area contributed by atoms with Crippen molar-refractivity contribution in [2.75, 3.05) is 7.05 Å². The summed E-state index contributed by atoms with van der Waals surface area (Å²) >= 11 is 4.84. The lowest BCUT2D eigenvalue weighted by Gasteiger charge is -1.98. The number of rotatable bonds is 4. The fraction of sp³-hybridized carbons (Fsp3) is 0.200. The van der Waals surface area contributed by atoms with E-state index in [0.29, 0.717) is 11.6 Å². The smallest absolute Gasteiger partial charge is 0.142 e. The van der Waals surface area contributed by atoms with E-state index in [1.807, 2.05) is 30.3 Å². The molecule has 1 aromatic carbocycles. The zero-order chi connectivity index (χ0) is 10.2. The van der Waals surface area contributed by atoms with E-state index in [0.717, 1.165) is 5.56 Å². The molecule has 3 nitrogen and oxygen atoms in total. The Kier molecular flexibility index (Phi) is 4.64. The van der Waals surface area contributed by atoms with E-state index in [1.165, 1.54) is 6.21 Å². The Morgan fingerprint density at radius 2 is 2.21 bits per heavy atom. The van der Waals surface area contributed by atoms with E-state index >= 15 is 0 Å². The van der Waals surface area contributed by atoms with Gasteiger partial charge in [0.2, 0.25) is 0 Å². The third kappa shape index (κ3) is 4.00. The van der Waals surface area contributed by atoms with E-state index in [4.69, 9.17) is 17.1 Å². The molecule has 0 radical (unpaired) electrons. The van der Waals surface area contributed by atoms with Crippen molar-refractivity contribution in [1.82, 2.24) is 5.32 Å². The van der Waals surface area contributed by atoms with Crippen LogP contribution in [0.1, 0.15) is 5.56 Å². The van der Waals surface area contributed by atoms with Crippen molar-refractivity contribution in [2.24, 2.45) is 5.16 Å². The van der Waals surface area contributed by atoms with Crippen LogP contribution < -0.4 is 5.32 Å². The minimum absolute atomic E-state index is 0.462. The van der Waals surface area contributed by atoms with Gasteiger partial charge >= 0.3 is 0 Å². The van der Waals surface area contributed by atoms with Crippen LogP contribution in [0.3, 0.4) is 0 Å². The topological polar surface area (TPSA) is 33.6 Å². The molecule has 0 aliphatic rings. The third-order valence-electron chi connectivity index (χ3n) is 1.56. The standard InChI is InChI=1S/C10H12N2OS/c1-11-10(14)7-12-13-8-9-5-3-2-4-6-9/h2-7H,8H2,1H3,(H,11,14)/b12-7+. The fourth-order valence-corrected chi connectivity index (χ4v) is 0.879. The second kappa shape index (κ2) is 6.10. The van der Waals surface area contributed by atoms with Crippen molar-refractivity contribution in [3.63, 3.8) is 0 Å². The molecule has 0 saturated heterocycles. The maximum Gasteiger partial charge on any atom is 0.142 e. The maximum absolute atomic E-state index is 5.03. The normalized spacial score (nSPS) is 10.1. The summed E-state index contributed by atoms with van der Waals surface area (Å²) in [5.41, 5.74) is 1.08. The zero-order valence-electron chi connectivity index (χ0n) is 7.93. The number of hydrogen-bond acceptors (Lipinski definition) is 3. The van der Waals surface area contributed by atoms with E-state index in [-0.39, 0.29) is 0 Å². The first kappa shape index (κ1) is 10.7. The van der Waals surface area contributed by atoms with Crippen LogP contribution in [0.4, 0.5) is 0 Å². The molecule has 14 heavy (non-hydrogen) atoms. The van der Waals surface area contributed by atoms with Crippen molar-refractivity contribution >= 4 is 23.4 Å². The van der Waals surface area contributed by atoms with Gasteiger partial charge in [-0.1, -0.05) is 47.7 Å². The maximum atomic E-state index is 5.03. The van der Waals surface area contributed by atoms with Crippen LogP contribution in [0.25, 0.3) is 0 Å². The van der Waals surface area contributed by atoms with Gasteiger partial charge in [-0.15, -0.1) is 0 Å². The lowest BCUT2D eigenvalue weighted by molar-refractivity contribution is 0.132. The summed E-state index contributed by atoms with van der Waals surface area (Å²) < 4.78 is 0. The second-order valence-electron chi connectivity index (χ2n) is 2.61. The molecule has 0 amide bonds. The largest absolute Gasteiger partial charge is 0.391 e. The number of nitrogens with zero attached hydrogens (tertiary/aromatic N) is 1. The lowest BCUT2D eigenvalue weighted by atomic mass is 10.2. The van der Waals surface area contributed by atoms with Gasteiger partial charge in [-0.3, -0.25) is 0 Å². The molecule has 1 N–H and O–H groups in total. The van der Waals surface area contributed by atoms with Gasteiger partial charge in [-0.05, 0) is 5.56 Å². The van der Waals surface area contributed by atoms with Gasteiger partial charge in [-0.2, -0.15) is 0 Å². The fourth-order valence-electron chi connectivity index (χ4n) is 0.836. The summed E-state index contributed by atoms with van der Waals surface area (Å²) in [6.45, 7) is 0.462.